The van der Waals surface area contributed by atoms with Crippen LogP contribution in [0.1, 0.15) is 11.7 Å². The summed E-state index contributed by atoms with van der Waals surface area (Å²) in [4.78, 5) is 0. The van der Waals surface area contributed by atoms with Gasteiger partial charge in [-0.1, -0.05) is 17.9 Å². The lowest BCUT2D eigenvalue weighted by Gasteiger charge is -2.14. The van der Waals surface area contributed by atoms with Gasteiger partial charge in [0.15, 0.2) is 11.5 Å². The molecule has 0 saturated carbocycles. The number of halogens is 1. The zero-order chi connectivity index (χ0) is 13.4. The highest BCUT2D eigenvalue weighted by Gasteiger charge is 2.11. The van der Waals surface area contributed by atoms with Crippen LogP contribution < -0.4 is 15.2 Å². The van der Waals surface area contributed by atoms with Crippen molar-refractivity contribution >= 4 is 12.4 Å². The first kappa shape index (κ1) is 17.2. The molecule has 0 aliphatic carbocycles. The van der Waals surface area contributed by atoms with Gasteiger partial charge in [0, 0.05) is 6.54 Å². The van der Waals surface area contributed by atoms with E-state index in [-0.39, 0.29) is 32.2 Å². The van der Waals surface area contributed by atoms with Crippen LogP contribution in [-0.2, 0) is 0 Å². The quantitative estimate of drug-likeness (QED) is 0.767. The summed E-state index contributed by atoms with van der Waals surface area (Å²) in [7, 11) is 0. The molecule has 0 spiro atoms. The molecular formula is C14H16ClNO3. The van der Waals surface area contributed by atoms with E-state index in [4.69, 9.17) is 28.1 Å². The van der Waals surface area contributed by atoms with Crippen molar-refractivity contribution in [3.05, 3.63) is 23.8 Å². The molecule has 0 bridgehead atoms. The third-order valence-electron chi connectivity index (χ3n) is 2.20. The van der Waals surface area contributed by atoms with E-state index in [1.54, 1.807) is 18.2 Å². The maximum Gasteiger partial charge on any atom is 0.163 e. The molecule has 1 aromatic rings. The fraction of sp³-hybridized carbons (Fsp3) is 0.286. The average Bonchev–Trinajstić information content (AvgIpc) is 2.42. The molecule has 0 aromatic heterocycles. The molecule has 1 aromatic carbocycles. The molecule has 0 fully saturated rings. The lowest BCUT2D eigenvalue weighted by Crippen LogP contribution is -2.12. The van der Waals surface area contributed by atoms with Gasteiger partial charge in [-0.25, -0.2) is 0 Å². The van der Waals surface area contributed by atoms with Crippen LogP contribution in [0.15, 0.2) is 18.2 Å². The van der Waals surface area contributed by atoms with E-state index in [2.05, 4.69) is 11.8 Å². The summed E-state index contributed by atoms with van der Waals surface area (Å²) in [5.41, 5.74) is 6.03. The standard InChI is InChI=1S/C14H15NO3.ClH/c1-3-7-17-13-6-5-11(12(16)10-15)9-14(13)18-8-4-2;/h1-2,5-6,9,12,16H,7-8,10,15H2;1H. The third kappa shape index (κ3) is 5.11. The molecule has 1 unspecified atom stereocenters. The number of aliphatic hydroxyl groups is 1. The van der Waals surface area contributed by atoms with Crippen molar-refractivity contribution in [2.24, 2.45) is 5.73 Å². The molecule has 0 heterocycles. The van der Waals surface area contributed by atoms with Crippen molar-refractivity contribution in [2.75, 3.05) is 19.8 Å². The van der Waals surface area contributed by atoms with E-state index in [1.165, 1.54) is 0 Å². The Labute approximate surface area is 119 Å². The minimum Gasteiger partial charge on any atom is -0.477 e. The van der Waals surface area contributed by atoms with E-state index in [0.717, 1.165) is 0 Å². The molecule has 5 heteroatoms. The second-order valence-electron chi connectivity index (χ2n) is 3.44. The Hall–Kier alpha value is -1.85. The van der Waals surface area contributed by atoms with Gasteiger partial charge in [0.2, 0.25) is 0 Å². The van der Waals surface area contributed by atoms with Crippen LogP contribution in [0.25, 0.3) is 0 Å². The molecule has 1 rings (SSSR count). The Morgan fingerprint density at radius 2 is 1.74 bits per heavy atom. The molecular weight excluding hydrogens is 266 g/mol. The van der Waals surface area contributed by atoms with Crippen molar-refractivity contribution in [1.82, 2.24) is 0 Å². The highest BCUT2D eigenvalue weighted by atomic mass is 35.5. The Morgan fingerprint density at radius 3 is 2.26 bits per heavy atom. The van der Waals surface area contributed by atoms with E-state index >= 15 is 0 Å². The summed E-state index contributed by atoms with van der Waals surface area (Å²) in [5.74, 6) is 5.64. The largest absolute Gasteiger partial charge is 0.477 e. The number of aliphatic hydroxyl groups excluding tert-OH is 1. The van der Waals surface area contributed by atoms with Gasteiger partial charge in [-0.05, 0) is 17.7 Å². The molecule has 0 aliphatic heterocycles. The smallest absolute Gasteiger partial charge is 0.163 e. The summed E-state index contributed by atoms with van der Waals surface area (Å²) in [6, 6.07) is 5.00. The van der Waals surface area contributed by atoms with Crippen LogP contribution in [0.3, 0.4) is 0 Å². The van der Waals surface area contributed by atoms with Gasteiger partial charge in [0.25, 0.3) is 0 Å². The van der Waals surface area contributed by atoms with Crippen LogP contribution in [0.2, 0.25) is 0 Å². The van der Waals surface area contributed by atoms with E-state index < -0.39 is 6.10 Å². The Morgan fingerprint density at radius 1 is 1.16 bits per heavy atom. The summed E-state index contributed by atoms with van der Waals surface area (Å²) >= 11 is 0. The van der Waals surface area contributed by atoms with Crippen molar-refractivity contribution in [1.29, 1.82) is 0 Å². The van der Waals surface area contributed by atoms with Crippen LogP contribution in [0.4, 0.5) is 0 Å². The lowest BCUT2D eigenvalue weighted by atomic mass is 10.1. The predicted molar refractivity (Wildman–Crippen MR) is 76.4 cm³/mol. The first-order valence-electron chi connectivity index (χ1n) is 5.37. The Bertz CT molecular complexity index is 477. The minimum absolute atomic E-state index is 0. The van der Waals surface area contributed by atoms with E-state index in [0.29, 0.717) is 17.1 Å². The van der Waals surface area contributed by atoms with Gasteiger partial charge in [0.05, 0.1) is 6.10 Å². The Kier molecular flexibility index (Phi) is 8.24. The molecule has 102 valence electrons. The normalized spacial score (nSPS) is 10.5. The number of terminal acetylenes is 2. The number of hydrogen-bond acceptors (Lipinski definition) is 4. The zero-order valence-electron chi connectivity index (χ0n) is 10.3. The highest BCUT2D eigenvalue weighted by molar-refractivity contribution is 5.85. The van der Waals surface area contributed by atoms with Gasteiger partial charge in [0.1, 0.15) is 13.2 Å². The number of nitrogens with two attached hydrogens (primary N) is 1. The molecule has 3 N–H and O–H groups in total. The molecule has 1 atom stereocenters. The molecule has 0 aliphatic rings. The number of hydrogen-bond donors (Lipinski definition) is 2. The third-order valence-corrected chi connectivity index (χ3v) is 2.20. The highest BCUT2D eigenvalue weighted by Crippen LogP contribution is 2.30. The molecule has 0 amide bonds. The molecule has 4 nitrogen and oxygen atoms in total. The first-order chi connectivity index (χ1) is 8.72. The molecule has 19 heavy (non-hydrogen) atoms. The topological polar surface area (TPSA) is 64.7 Å². The summed E-state index contributed by atoms with van der Waals surface area (Å²) in [6.07, 6.45) is 9.50. The van der Waals surface area contributed by atoms with Gasteiger partial charge in [-0.15, -0.1) is 25.3 Å². The molecule has 0 radical (unpaired) electrons. The van der Waals surface area contributed by atoms with E-state index in [1.807, 2.05) is 0 Å². The van der Waals surface area contributed by atoms with Gasteiger partial charge in [-0.3, -0.25) is 0 Å². The van der Waals surface area contributed by atoms with E-state index in [9.17, 15) is 5.11 Å². The Balaban J connectivity index is 0.00000324. The number of ether oxygens (including phenoxy) is 2. The lowest BCUT2D eigenvalue weighted by molar-refractivity contribution is 0.186. The molecule has 0 saturated heterocycles. The monoisotopic (exact) mass is 281 g/mol. The minimum atomic E-state index is -0.750. The second-order valence-corrected chi connectivity index (χ2v) is 3.44. The fourth-order valence-electron chi connectivity index (χ4n) is 1.34. The first-order valence-corrected chi connectivity index (χ1v) is 5.37. The van der Waals surface area contributed by atoms with Crippen LogP contribution in [0, 0.1) is 24.7 Å². The fourth-order valence-corrected chi connectivity index (χ4v) is 1.34. The van der Waals surface area contributed by atoms with Gasteiger partial charge < -0.3 is 20.3 Å². The van der Waals surface area contributed by atoms with Crippen molar-refractivity contribution in [2.45, 2.75) is 6.10 Å². The maximum atomic E-state index is 9.65. The summed E-state index contributed by atoms with van der Waals surface area (Å²) in [6.45, 7) is 0.360. The van der Waals surface area contributed by atoms with Crippen molar-refractivity contribution < 1.29 is 14.6 Å². The SMILES string of the molecule is C#CCOc1ccc(C(O)CN)cc1OCC#C.Cl. The summed E-state index contributed by atoms with van der Waals surface area (Å²) in [5, 5.41) is 9.65. The van der Waals surface area contributed by atoms with Crippen LogP contribution >= 0.6 is 12.4 Å². The van der Waals surface area contributed by atoms with Crippen LogP contribution in [-0.4, -0.2) is 24.9 Å². The predicted octanol–water partition coefficient (Wildman–Crippen LogP) is 1.12. The zero-order valence-corrected chi connectivity index (χ0v) is 11.2. The number of rotatable bonds is 6. The number of benzene rings is 1. The van der Waals surface area contributed by atoms with Gasteiger partial charge in [-0.2, -0.15) is 0 Å². The summed E-state index contributed by atoms with van der Waals surface area (Å²) < 4.78 is 10.6. The van der Waals surface area contributed by atoms with Gasteiger partial charge >= 0.3 is 0 Å². The second kappa shape index (κ2) is 9.13. The maximum absolute atomic E-state index is 9.65. The van der Waals surface area contributed by atoms with Crippen LogP contribution in [0.5, 0.6) is 11.5 Å². The van der Waals surface area contributed by atoms with Crippen molar-refractivity contribution in [3.8, 4) is 36.2 Å². The average molecular weight is 282 g/mol. The van der Waals surface area contributed by atoms with Crippen molar-refractivity contribution in [3.63, 3.8) is 0 Å².